The van der Waals surface area contributed by atoms with E-state index >= 15 is 0 Å². The molecule has 0 bridgehead atoms. The zero-order valence-electron chi connectivity index (χ0n) is 20.8. The van der Waals surface area contributed by atoms with Crippen molar-refractivity contribution in [2.45, 2.75) is 31.8 Å². The van der Waals surface area contributed by atoms with Gasteiger partial charge in [-0.2, -0.15) is 0 Å². The van der Waals surface area contributed by atoms with Gasteiger partial charge in [0.2, 0.25) is 6.79 Å². The number of nitrogens with one attached hydrogen (secondary N) is 1. The highest BCUT2D eigenvalue weighted by Gasteiger charge is 2.33. The number of hydrogen-bond donors (Lipinski definition) is 1. The first-order chi connectivity index (χ1) is 16.9. The summed E-state index contributed by atoms with van der Waals surface area (Å²) >= 11 is 0. The monoisotopic (exact) mass is 481 g/mol. The van der Waals surface area contributed by atoms with Crippen LogP contribution in [0.2, 0.25) is 0 Å². The van der Waals surface area contributed by atoms with Crippen LogP contribution in [0.15, 0.2) is 36.4 Å². The fourth-order valence-corrected chi connectivity index (χ4v) is 4.84. The lowest BCUT2D eigenvalue weighted by atomic mass is 9.79. The number of aryl methyl sites for hydroxylation is 1. The molecule has 8 heteroatoms. The average molecular weight is 482 g/mol. The predicted molar refractivity (Wildman–Crippen MR) is 133 cm³/mol. The minimum Gasteiger partial charge on any atom is -0.468 e. The Labute approximate surface area is 207 Å². The van der Waals surface area contributed by atoms with Crippen LogP contribution in [0.25, 0.3) is 0 Å². The third-order valence-electron chi connectivity index (χ3n) is 6.70. The summed E-state index contributed by atoms with van der Waals surface area (Å²) in [5.41, 5.74) is 3.88. The summed E-state index contributed by atoms with van der Waals surface area (Å²) in [4.78, 5) is 28.5. The molecule has 4 rings (SSSR count). The Kier molecular flexibility index (Phi) is 8.25. The predicted octanol–water partition coefficient (Wildman–Crippen LogP) is 3.01. The molecule has 1 aliphatic carbocycles. The number of carbonyl (C=O) groups is 2. The molecule has 2 atom stereocenters. The Morgan fingerprint density at radius 3 is 2.57 bits per heavy atom. The van der Waals surface area contributed by atoms with Crippen LogP contribution < -0.4 is 14.8 Å². The van der Waals surface area contributed by atoms with Crippen molar-refractivity contribution in [3.63, 3.8) is 0 Å². The van der Waals surface area contributed by atoms with Gasteiger partial charge in [-0.15, -0.1) is 0 Å². The smallest absolute Gasteiger partial charge is 0.293 e. The summed E-state index contributed by atoms with van der Waals surface area (Å²) < 4.78 is 16.2. The normalized spacial score (nSPS) is 18.4. The minimum absolute atomic E-state index is 0.0212. The van der Waals surface area contributed by atoms with Gasteiger partial charge in [-0.3, -0.25) is 9.59 Å². The Morgan fingerprint density at radius 2 is 1.86 bits per heavy atom. The van der Waals surface area contributed by atoms with E-state index in [4.69, 9.17) is 14.2 Å². The molecule has 0 saturated carbocycles. The molecule has 2 unspecified atom stereocenters. The summed E-state index contributed by atoms with van der Waals surface area (Å²) in [6, 6.07) is 11.4. The first-order valence-corrected chi connectivity index (χ1v) is 12.2. The van der Waals surface area contributed by atoms with Gasteiger partial charge in [0.1, 0.15) is 0 Å². The van der Waals surface area contributed by atoms with Gasteiger partial charge >= 0.3 is 0 Å². The van der Waals surface area contributed by atoms with Crippen molar-refractivity contribution in [3.8, 4) is 11.5 Å². The number of fused-ring (bicyclic) bond motifs is 2. The molecule has 1 amide bonds. The highest BCUT2D eigenvalue weighted by molar-refractivity contribution is 5.94. The maximum absolute atomic E-state index is 13.2. The van der Waals surface area contributed by atoms with Crippen LogP contribution in [-0.2, 0) is 22.5 Å². The Hall–Kier alpha value is -3.10. The van der Waals surface area contributed by atoms with Crippen LogP contribution in [0.4, 0.5) is 0 Å². The zero-order chi connectivity index (χ0) is 24.8. The Morgan fingerprint density at radius 1 is 1.11 bits per heavy atom. The molecule has 1 N–H and O–H groups in total. The van der Waals surface area contributed by atoms with Gasteiger partial charge in [0, 0.05) is 18.0 Å². The first kappa shape index (κ1) is 25.0. The molecule has 1 aliphatic heterocycles. The van der Waals surface area contributed by atoms with E-state index in [0.717, 1.165) is 55.8 Å². The van der Waals surface area contributed by atoms with E-state index in [0.29, 0.717) is 17.8 Å². The number of amides is 1. The van der Waals surface area contributed by atoms with Crippen LogP contribution in [0.1, 0.15) is 45.9 Å². The quantitative estimate of drug-likeness (QED) is 0.494. The van der Waals surface area contributed by atoms with Crippen molar-refractivity contribution in [1.29, 1.82) is 0 Å². The van der Waals surface area contributed by atoms with Crippen molar-refractivity contribution in [3.05, 3.63) is 58.7 Å². The standard InChI is InChI=1S/C27H35N3O5/c1-29(2)11-4-12-30(3)15-19-5-7-20(8-6-19)27(32)28-26-22(16-33-17-31)10-9-21-13-24-25(14-23(21)26)35-18-34-24/h5-8,13-14,17,22,26H,4,9-12,15-16,18H2,1-3H3,(H,28,32). The van der Waals surface area contributed by atoms with Crippen molar-refractivity contribution in [1.82, 2.24) is 15.1 Å². The largest absolute Gasteiger partial charge is 0.468 e. The van der Waals surface area contributed by atoms with Gasteiger partial charge < -0.3 is 29.3 Å². The molecule has 0 radical (unpaired) electrons. The van der Waals surface area contributed by atoms with Gasteiger partial charge in [-0.1, -0.05) is 12.1 Å². The van der Waals surface area contributed by atoms with Crippen LogP contribution in [0.5, 0.6) is 11.5 Å². The second-order valence-electron chi connectivity index (χ2n) is 9.68. The summed E-state index contributed by atoms with van der Waals surface area (Å²) in [7, 11) is 6.29. The molecular formula is C27H35N3O5. The minimum atomic E-state index is -0.289. The molecule has 188 valence electrons. The summed E-state index contributed by atoms with van der Waals surface area (Å²) in [5.74, 6) is 1.24. The van der Waals surface area contributed by atoms with Crippen molar-refractivity contribution >= 4 is 12.4 Å². The number of benzene rings is 2. The van der Waals surface area contributed by atoms with Gasteiger partial charge in [0.25, 0.3) is 12.4 Å². The van der Waals surface area contributed by atoms with Crippen LogP contribution in [0, 0.1) is 5.92 Å². The fraction of sp³-hybridized carbons (Fsp3) is 0.481. The van der Waals surface area contributed by atoms with Gasteiger partial charge in [0.05, 0.1) is 12.6 Å². The molecule has 0 fully saturated rings. The second-order valence-corrected chi connectivity index (χ2v) is 9.68. The summed E-state index contributed by atoms with van der Waals surface area (Å²) in [6.07, 6.45) is 2.73. The number of ether oxygens (including phenoxy) is 3. The van der Waals surface area contributed by atoms with Crippen molar-refractivity contribution in [2.24, 2.45) is 5.92 Å². The Balaban J connectivity index is 1.44. The molecular weight excluding hydrogens is 446 g/mol. The molecule has 0 aromatic heterocycles. The lowest BCUT2D eigenvalue weighted by Gasteiger charge is -2.34. The van der Waals surface area contributed by atoms with Crippen LogP contribution >= 0.6 is 0 Å². The molecule has 0 spiro atoms. The van der Waals surface area contributed by atoms with E-state index in [1.165, 1.54) is 5.56 Å². The highest BCUT2D eigenvalue weighted by atomic mass is 16.7. The topological polar surface area (TPSA) is 80.3 Å². The maximum atomic E-state index is 13.2. The maximum Gasteiger partial charge on any atom is 0.293 e. The number of carbonyl (C=O) groups excluding carboxylic acids is 2. The zero-order valence-corrected chi connectivity index (χ0v) is 20.8. The molecule has 2 aliphatic rings. The first-order valence-electron chi connectivity index (χ1n) is 12.2. The highest BCUT2D eigenvalue weighted by Crippen LogP contribution is 2.42. The molecule has 0 saturated heterocycles. The van der Waals surface area contributed by atoms with Crippen LogP contribution in [-0.4, -0.2) is 69.8 Å². The summed E-state index contributed by atoms with van der Waals surface area (Å²) in [6.45, 7) is 3.83. The lowest BCUT2D eigenvalue weighted by molar-refractivity contribution is -0.130. The van der Waals surface area contributed by atoms with E-state index in [1.54, 1.807) is 0 Å². The fourth-order valence-electron chi connectivity index (χ4n) is 4.84. The average Bonchev–Trinajstić information content (AvgIpc) is 3.30. The molecule has 1 heterocycles. The third-order valence-corrected chi connectivity index (χ3v) is 6.70. The second kappa shape index (κ2) is 11.6. The van der Waals surface area contributed by atoms with Gasteiger partial charge in [-0.05, 0) is 94.5 Å². The van der Waals surface area contributed by atoms with E-state index in [-0.39, 0.29) is 31.3 Å². The van der Waals surface area contributed by atoms with Gasteiger partial charge in [0.15, 0.2) is 11.5 Å². The van der Waals surface area contributed by atoms with E-state index in [1.807, 2.05) is 36.4 Å². The molecule has 35 heavy (non-hydrogen) atoms. The van der Waals surface area contributed by atoms with Gasteiger partial charge in [-0.25, -0.2) is 0 Å². The summed E-state index contributed by atoms with van der Waals surface area (Å²) in [5, 5.41) is 3.19. The number of rotatable bonds is 11. The van der Waals surface area contributed by atoms with Crippen molar-refractivity contribution in [2.75, 3.05) is 47.6 Å². The van der Waals surface area contributed by atoms with E-state index in [2.05, 4.69) is 36.3 Å². The molecule has 8 nitrogen and oxygen atoms in total. The van der Waals surface area contributed by atoms with E-state index in [9.17, 15) is 9.59 Å². The van der Waals surface area contributed by atoms with E-state index < -0.39 is 0 Å². The Bertz CT molecular complexity index is 1020. The lowest BCUT2D eigenvalue weighted by Crippen LogP contribution is -2.38. The third kappa shape index (κ3) is 6.32. The molecule has 2 aromatic rings. The van der Waals surface area contributed by atoms with Crippen molar-refractivity contribution < 1.29 is 23.8 Å². The molecule has 2 aromatic carbocycles. The SMILES string of the molecule is CN(C)CCCN(C)Cc1ccc(C(=O)NC2c3cc4c(cc3CCC2COC=O)OCO4)cc1. The number of nitrogens with zero attached hydrogens (tertiary/aromatic N) is 2. The number of hydrogen-bond acceptors (Lipinski definition) is 7. The van der Waals surface area contributed by atoms with Crippen LogP contribution in [0.3, 0.4) is 0 Å².